The third-order valence-electron chi connectivity index (χ3n) is 2.71. The minimum absolute atomic E-state index is 0.00468. The molecular weight excluding hydrogens is 112 g/mol. The van der Waals surface area contributed by atoms with Gasteiger partial charge in [-0.15, -0.1) is 0 Å². The van der Waals surface area contributed by atoms with E-state index in [0.717, 1.165) is 12.3 Å². The maximum Gasteiger partial charge on any atom is 0.0568 e. The number of hydrogen-bond acceptors (Lipinski definition) is 1. The van der Waals surface area contributed by atoms with Crippen LogP contribution in [0.3, 0.4) is 0 Å². The van der Waals surface area contributed by atoms with Crippen LogP contribution in [0.15, 0.2) is 0 Å². The molecule has 0 radical (unpaired) electrons. The summed E-state index contributed by atoms with van der Waals surface area (Å²) in [7, 11) is 0. The Labute approximate surface area is 57.1 Å². The predicted octanol–water partition coefficient (Wildman–Crippen LogP) is 1.80. The van der Waals surface area contributed by atoms with Gasteiger partial charge in [-0.3, -0.25) is 0 Å². The summed E-state index contributed by atoms with van der Waals surface area (Å²) in [5.74, 6) is 1.34. The fraction of sp³-hybridized carbons (Fsp3) is 1.00. The van der Waals surface area contributed by atoms with Crippen molar-refractivity contribution in [2.24, 2.45) is 11.8 Å². The van der Waals surface area contributed by atoms with E-state index in [1.807, 2.05) is 0 Å². The van der Waals surface area contributed by atoms with E-state index < -0.39 is 0 Å². The van der Waals surface area contributed by atoms with Gasteiger partial charge in [0, 0.05) is 0 Å². The fourth-order valence-electron chi connectivity index (χ4n) is 1.80. The van der Waals surface area contributed by atoms with Crippen LogP contribution in [0, 0.1) is 11.8 Å². The van der Waals surface area contributed by atoms with Crippen LogP contribution in [0.2, 0.25) is 0 Å². The second-order valence-corrected chi connectivity index (χ2v) is 3.17. The maximum absolute atomic E-state index is 9.30. The molecule has 9 heavy (non-hydrogen) atoms. The Kier molecular flexibility index (Phi) is 2.12. The van der Waals surface area contributed by atoms with Gasteiger partial charge in [-0.05, 0) is 24.7 Å². The van der Waals surface area contributed by atoms with Crippen molar-refractivity contribution in [2.45, 2.75) is 39.2 Å². The molecule has 1 rings (SSSR count). The lowest BCUT2D eigenvalue weighted by molar-refractivity contribution is 0.127. The van der Waals surface area contributed by atoms with Gasteiger partial charge in [0.2, 0.25) is 0 Å². The Hall–Kier alpha value is -0.0400. The van der Waals surface area contributed by atoms with Gasteiger partial charge in [0.05, 0.1) is 6.10 Å². The first kappa shape index (κ1) is 7.07. The van der Waals surface area contributed by atoms with Crippen molar-refractivity contribution in [3.05, 3.63) is 0 Å². The van der Waals surface area contributed by atoms with Crippen molar-refractivity contribution < 1.29 is 5.11 Å². The van der Waals surface area contributed by atoms with Crippen LogP contribution in [0.4, 0.5) is 0 Å². The summed E-state index contributed by atoms with van der Waals surface area (Å²) in [6.07, 6.45) is 3.49. The molecule has 1 aliphatic carbocycles. The van der Waals surface area contributed by atoms with E-state index in [4.69, 9.17) is 0 Å². The minimum Gasteiger partial charge on any atom is -0.393 e. The molecule has 0 spiro atoms. The van der Waals surface area contributed by atoms with E-state index in [2.05, 4.69) is 13.8 Å². The summed E-state index contributed by atoms with van der Waals surface area (Å²) in [6.45, 7) is 4.37. The Morgan fingerprint density at radius 3 is 2.33 bits per heavy atom. The van der Waals surface area contributed by atoms with Gasteiger partial charge in [-0.2, -0.15) is 0 Å². The molecule has 1 saturated carbocycles. The van der Waals surface area contributed by atoms with Gasteiger partial charge < -0.3 is 5.11 Å². The van der Waals surface area contributed by atoms with Crippen molar-refractivity contribution in [1.29, 1.82) is 0 Å². The van der Waals surface area contributed by atoms with E-state index in [1.54, 1.807) is 0 Å². The second kappa shape index (κ2) is 2.70. The highest BCUT2D eigenvalue weighted by molar-refractivity contribution is 4.80. The Morgan fingerprint density at radius 2 is 2.11 bits per heavy atom. The number of rotatable bonds is 1. The van der Waals surface area contributed by atoms with E-state index in [9.17, 15) is 5.11 Å². The van der Waals surface area contributed by atoms with Crippen molar-refractivity contribution in [2.75, 3.05) is 0 Å². The molecular formula is C8H16O. The maximum atomic E-state index is 9.30. The van der Waals surface area contributed by atoms with Gasteiger partial charge in [0.1, 0.15) is 0 Å². The monoisotopic (exact) mass is 128 g/mol. The zero-order chi connectivity index (χ0) is 6.85. The molecule has 54 valence electrons. The second-order valence-electron chi connectivity index (χ2n) is 3.17. The standard InChI is InChI=1S/C8H16O/c1-3-7-4-5-8(9)6(7)2/h6-9H,3-5H2,1-2H3/t6-,7+,8-/m1/s1. The molecule has 1 nitrogen and oxygen atoms in total. The van der Waals surface area contributed by atoms with E-state index in [-0.39, 0.29) is 6.10 Å². The Morgan fingerprint density at radius 1 is 1.44 bits per heavy atom. The zero-order valence-electron chi connectivity index (χ0n) is 6.30. The van der Waals surface area contributed by atoms with Gasteiger partial charge >= 0.3 is 0 Å². The van der Waals surface area contributed by atoms with E-state index in [0.29, 0.717) is 5.92 Å². The van der Waals surface area contributed by atoms with Crippen LogP contribution in [0.1, 0.15) is 33.1 Å². The summed E-state index contributed by atoms with van der Waals surface area (Å²) >= 11 is 0. The SMILES string of the molecule is CC[C@H]1CC[C@@H](O)[C@@H]1C. The van der Waals surface area contributed by atoms with Gasteiger partial charge in [-0.25, -0.2) is 0 Å². The molecule has 0 unspecified atom stereocenters. The van der Waals surface area contributed by atoms with Crippen LogP contribution in [0.25, 0.3) is 0 Å². The quantitative estimate of drug-likeness (QED) is 0.571. The van der Waals surface area contributed by atoms with Crippen LogP contribution in [0.5, 0.6) is 0 Å². The molecule has 0 bridgehead atoms. The predicted molar refractivity (Wildman–Crippen MR) is 38.2 cm³/mol. The zero-order valence-corrected chi connectivity index (χ0v) is 6.30. The Bertz CT molecular complexity index is 90.6. The third kappa shape index (κ3) is 1.26. The average molecular weight is 128 g/mol. The van der Waals surface area contributed by atoms with Crippen molar-refractivity contribution in [3.63, 3.8) is 0 Å². The molecule has 0 aromatic rings. The molecule has 3 atom stereocenters. The number of aliphatic hydroxyl groups excluding tert-OH is 1. The van der Waals surface area contributed by atoms with Crippen LogP contribution >= 0.6 is 0 Å². The van der Waals surface area contributed by atoms with Crippen LogP contribution < -0.4 is 0 Å². The highest BCUT2D eigenvalue weighted by Gasteiger charge is 2.29. The normalized spacial score (nSPS) is 43.7. The summed E-state index contributed by atoms with van der Waals surface area (Å²) in [5, 5.41) is 9.30. The van der Waals surface area contributed by atoms with E-state index in [1.165, 1.54) is 12.8 Å². The molecule has 1 fully saturated rings. The first-order valence-electron chi connectivity index (χ1n) is 3.93. The molecule has 0 aromatic carbocycles. The van der Waals surface area contributed by atoms with Crippen molar-refractivity contribution in [1.82, 2.24) is 0 Å². The molecule has 0 aromatic heterocycles. The smallest absolute Gasteiger partial charge is 0.0568 e. The summed E-state index contributed by atoms with van der Waals surface area (Å²) in [5.41, 5.74) is 0. The van der Waals surface area contributed by atoms with Crippen LogP contribution in [-0.2, 0) is 0 Å². The summed E-state index contributed by atoms with van der Waals surface area (Å²) in [4.78, 5) is 0. The first-order valence-corrected chi connectivity index (χ1v) is 3.93. The number of aliphatic hydroxyl groups is 1. The Balaban J connectivity index is 2.41. The molecule has 0 saturated heterocycles. The fourth-order valence-corrected chi connectivity index (χ4v) is 1.80. The summed E-state index contributed by atoms with van der Waals surface area (Å²) < 4.78 is 0. The minimum atomic E-state index is -0.00468. The van der Waals surface area contributed by atoms with Crippen molar-refractivity contribution >= 4 is 0 Å². The van der Waals surface area contributed by atoms with E-state index >= 15 is 0 Å². The third-order valence-corrected chi connectivity index (χ3v) is 2.71. The molecule has 0 amide bonds. The average Bonchev–Trinajstić information content (AvgIpc) is 2.15. The molecule has 1 heteroatoms. The summed E-state index contributed by atoms with van der Waals surface area (Å²) in [6, 6.07) is 0. The molecule has 0 aliphatic heterocycles. The van der Waals surface area contributed by atoms with Crippen molar-refractivity contribution in [3.8, 4) is 0 Å². The topological polar surface area (TPSA) is 20.2 Å². The lowest BCUT2D eigenvalue weighted by atomic mass is 9.95. The lowest BCUT2D eigenvalue weighted by Crippen LogP contribution is -2.14. The highest BCUT2D eigenvalue weighted by Crippen LogP contribution is 2.33. The highest BCUT2D eigenvalue weighted by atomic mass is 16.3. The molecule has 1 N–H and O–H groups in total. The largest absolute Gasteiger partial charge is 0.393 e. The number of hydrogen-bond donors (Lipinski definition) is 1. The molecule has 0 heterocycles. The lowest BCUT2D eigenvalue weighted by Gasteiger charge is -2.14. The van der Waals surface area contributed by atoms with Gasteiger partial charge in [-0.1, -0.05) is 20.3 Å². The van der Waals surface area contributed by atoms with Gasteiger partial charge in [0.25, 0.3) is 0 Å². The van der Waals surface area contributed by atoms with Crippen LogP contribution in [-0.4, -0.2) is 11.2 Å². The molecule has 1 aliphatic rings. The first-order chi connectivity index (χ1) is 4.25. The van der Waals surface area contributed by atoms with Gasteiger partial charge in [0.15, 0.2) is 0 Å².